The molecule has 0 radical (unpaired) electrons. The largest absolute Gasteiger partial charge is 0.325 e. The van der Waals surface area contributed by atoms with Gasteiger partial charge in [0.05, 0.1) is 16.7 Å². The number of carbonyl (C=O) groups excluding carboxylic acids is 1. The highest BCUT2D eigenvalue weighted by atomic mass is 79.9. The summed E-state index contributed by atoms with van der Waals surface area (Å²) in [5, 5.41) is 3.77. The average molecular weight is 481 g/mol. The fraction of sp³-hybridized carbons (Fsp3) is 0.0909. The Hall–Kier alpha value is -2.97. The van der Waals surface area contributed by atoms with Gasteiger partial charge in [0.15, 0.2) is 5.16 Å². The Morgan fingerprint density at radius 1 is 1.13 bits per heavy atom. The molecule has 0 aliphatic carbocycles. The van der Waals surface area contributed by atoms with Crippen molar-refractivity contribution in [3.8, 4) is 5.82 Å². The molecule has 0 fully saturated rings. The van der Waals surface area contributed by atoms with E-state index >= 15 is 0 Å². The fourth-order valence-corrected chi connectivity index (χ4v) is 3.98. The minimum Gasteiger partial charge on any atom is -0.325 e. The molecule has 0 unspecified atom stereocenters. The maximum atomic E-state index is 13.2. The van der Waals surface area contributed by atoms with Gasteiger partial charge >= 0.3 is 0 Å². The Balaban J connectivity index is 1.67. The van der Waals surface area contributed by atoms with E-state index in [0.29, 0.717) is 27.6 Å². The highest BCUT2D eigenvalue weighted by Gasteiger charge is 2.15. The van der Waals surface area contributed by atoms with Gasteiger partial charge < -0.3 is 5.32 Å². The maximum Gasteiger partial charge on any atom is 0.267 e. The van der Waals surface area contributed by atoms with Crippen LogP contribution in [0.2, 0.25) is 0 Å². The lowest BCUT2D eigenvalue weighted by Gasteiger charge is -2.13. The molecule has 150 valence electrons. The zero-order valence-electron chi connectivity index (χ0n) is 16.0. The Morgan fingerprint density at radius 2 is 1.90 bits per heavy atom. The van der Waals surface area contributed by atoms with Gasteiger partial charge in [-0.25, -0.2) is 14.5 Å². The molecule has 1 N–H and O–H groups in total. The summed E-state index contributed by atoms with van der Waals surface area (Å²) in [6.45, 7) is 1.93. The Bertz CT molecular complexity index is 1290. The third-order valence-corrected chi connectivity index (χ3v) is 5.80. The predicted molar refractivity (Wildman–Crippen MR) is 123 cm³/mol. The number of carbonyl (C=O) groups is 1. The standard InChI is InChI=1S/C22H17BrN4O2S/c1-14-10-11-24-19(12-14)27-21(29)17-4-2-3-5-18(17)26-22(27)30-13-20(28)25-16-8-6-15(23)7-9-16/h2-12H,13H2,1H3,(H,25,28). The normalized spacial score (nSPS) is 10.9. The van der Waals surface area contributed by atoms with E-state index in [0.717, 1.165) is 10.0 Å². The summed E-state index contributed by atoms with van der Waals surface area (Å²) in [4.78, 5) is 34.6. The second kappa shape index (κ2) is 8.81. The van der Waals surface area contributed by atoms with Gasteiger partial charge in [-0.3, -0.25) is 9.59 Å². The van der Waals surface area contributed by atoms with Gasteiger partial charge in [-0.15, -0.1) is 0 Å². The molecule has 8 heteroatoms. The van der Waals surface area contributed by atoms with Crippen LogP contribution in [0.5, 0.6) is 0 Å². The molecule has 6 nitrogen and oxygen atoms in total. The highest BCUT2D eigenvalue weighted by molar-refractivity contribution is 9.10. The van der Waals surface area contributed by atoms with Gasteiger partial charge in [0.2, 0.25) is 5.91 Å². The molecule has 0 aliphatic heterocycles. The van der Waals surface area contributed by atoms with E-state index in [1.54, 1.807) is 24.4 Å². The van der Waals surface area contributed by atoms with Crippen LogP contribution in [0.1, 0.15) is 5.56 Å². The molecule has 0 saturated heterocycles. The zero-order valence-corrected chi connectivity index (χ0v) is 18.4. The monoisotopic (exact) mass is 480 g/mol. The Labute approximate surface area is 185 Å². The molecule has 0 bridgehead atoms. The van der Waals surface area contributed by atoms with Crippen LogP contribution in [0.4, 0.5) is 5.69 Å². The summed E-state index contributed by atoms with van der Waals surface area (Å²) in [5.74, 6) is 0.398. The number of aryl methyl sites for hydroxylation is 1. The van der Waals surface area contributed by atoms with E-state index in [1.807, 2.05) is 49.4 Å². The van der Waals surface area contributed by atoms with E-state index in [9.17, 15) is 9.59 Å². The number of aromatic nitrogens is 3. The summed E-state index contributed by atoms with van der Waals surface area (Å²) in [6.07, 6.45) is 1.65. The maximum absolute atomic E-state index is 13.2. The van der Waals surface area contributed by atoms with E-state index < -0.39 is 0 Å². The van der Waals surface area contributed by atoms with Crippen molar-refractivity contribution in [3.05, 3.63) is 87.3 Å². The summed E-state index contributed by atoms with van der Waals surface area (Å²) in [7, 11) is 0. The van der Waals surface area contributed by atoms with Crippen LogP contribution in [-0.4, -0.2) is 26.2 Å². The summed E-state index contributed by atoms with van der Waals surface area (Å²) < 4.78 is 2.40. The molecule has 2 heterocycles. The second-order valence-electron chi connectivity index (χ2n) is 6.59. The van der Waals surface area contributed by atoms with Crippen LogP contribution >= 0.6 is 27.7 Å². The molecule has 4 aromatic rings. The van der Waals surface area contributed by atoms with Crippen molar-refractivity contribution in [2.75, 3.05) is 11.1 Å². The molecule has 1 amide bonds. The molecule has 4 rings (SSSR count). The number of anilines is 1. The van der Waals surface area contributed by atoms with Crippen LogP contribution in [-0.2, 0) is 4.79 Å². The number of para-hydroxylation sites is 1. The van der Waals surface area contributed by atoms with E-state index in [2.05, 4.69) is 31.2 Å². The lowest BCUT2D eigenvalue weighted by molar-refractivity contribution is -0.113. The number of amides is 1. The number of nitrogens with zero attached hydrogens (tertiary/aromatic N) is 3. The van der Waals surface area contributed by atoms with Crippen molar-refractivity contribution < 1.29 is 4.79 Å². The van der Waals surface area contributed by atoms with E-state index in [1.165, 1.54) is 16.3 Å². The number of hydrogen-bond donors (Lipinski definition) is 1. The minimum absolute atomic E-state index is 0.104. The number of nitrogens with one attached hydrogen (secondary N) is 1. The first-order valence-corrected chi connectivity index (χ1v) is 10.9. The lowest BCUT2D eigenvalue weighted by Crippen LogP contribution is -2.23. The van der Waals surface area contributed by atoms with Crippen molar-refractivity contribution in [2.24, 2.45) is 0 Å². The molecular weight excluding hydrogens is 464 g/mol. The minimum atomic E-state index is -0.213. The first-order chi connectivity index (χ1) is 14.5. The highest BCUT2D eigenvalue weighted by Crippen LogP contribution is 2.21. The molecular formula is C22H17BrN4O2S. The number of thioether (sulfide) groups is 1. The van der Waals surface area contributed by atoms with Gasteiger partial charge in [0.25, 0.3) is 5.56 Å². The number of benzene rings is 2. The first kappa shape index (κ1) is 20.3. The summed E-state index contributed by atoms with van der Waals surface area (Å²) >= 11 is 4.57. The number of hydrogen-bond acceptors (Lipinski definition) is 5. The smallest absolute Gasteiger partial charge is 0.267 e. The summed E-state index contributed by atoms with van der Waals surface area (Å²) in [5.41, 5.74) is 2.05. The molecule has 0 aliphatic rings. The molecule has 2 aromatic carbocycles. The van der Waals surface area contributed by atoms with Crippen molar-refractivity contribution in [1.82, 2.24) is 14.5 Å². The lowest BCUT2D eigenvalue weighted by atomic mass is 10.2. The molecule has 0 saturated carbocycles. The van der Waals surface area contributed by atoms with Crippen molar-refractivity contribution in [3.63, 3.8) is 0 Å². The molecule has 0 spiro atoms. The fourth-order valence-electron chi connectivity index (χ4n) is 2.91. The predicted octanol–water partition coefficient (Wildman–Crippen LogP) is 4.58. The summed E-state index contributed by atoms with van der Waals surface area (Å²) in [6, 6.07) is 18.2. The number of rotatable bonds is 5. The molecule has 30 heavy (non-hydrogen) atoms. The molecule has 0 atom stereocenters. The average Bonchev–Trinajstić information content (AvgIpc) is 2.74. The van der Waals surface area contributed by atoms with Gasteiger partial charge in [0, 0.05) is 16.4 Å². The third kappa shape index (κ3) is 4.44. The first-order valence-electron chi connectivity index (χ1n) is 9.14. The second-order valence-corrected chi connectivity index (χ2v) is 8.45. The molecule has 2 aromatic heterocycles. The zero-order chi connectivity index (χ0) is 21.1. The van der Waals surface area contributed by atoms with Crippen molar-refractivity contribution in [2.45, 2.75) is 12.1 Å². The van der Waals surface area contributed by atoms with Gasteiger partial charge in [0.1, 0.15) is 5.82 Å². The van der Waals surface area contributed by atoms with Crippen LogP contribution in [0.15, 0.2) is 81.3 Å². The van der Waals surface area contributed by atoms with Crippen LogP contribution in [0.25, 0.3) is 16.7 Å². The van der Waals surface area contributed by atoms with Gasteiger partial charge in [-0.2, -0.15) is 0 Å². The van der Waals surface area contributed by atoms with E-state index in [-0.39, 0.29) is 17.2 Å². The third-order valence-electron chi connectivity index (χ3n) is 4.34. The van der Waals surface area contributed by atoms with Gasteiger partial charge in [-0.1, -0.05) is 39.8 Å². The van der Waals surface area contributed by atoms with Gasteiger partial charge in [-0.05, 0) is 61.0 Å². The number of pyridine rings is 1. The number of halogens is 1. The van der Waals surface area contributed by atoms with Crippen molar-refractivity contribution in [1.29, 1.82) is 0 Å². The van der Waals surface area contributed by atoms with Crippen LogP contribution < -0.4 is 10.9 Å². The Morgan fingerprint density at radius 3 is 2.67 bits per heavy atom. The number of fused-ring (bicyclic) bond motifs is 1. The van der Waals surface area contributed by atoms with E-state index in [4.69, 9.17) is 0 Å². The van der Waals surface area contributed by atoms with Crippen LogP contribution in [0.3, 0.4) is 0 Å². The quantitative estimate of drug-likeness (QED) is 0.334. The van der Waals surface area contributed by atoms with Crippen molar-refractivity contribution >= 4 is 50.2 Å². The van der Waals surface area contributed by atoms with Crippen LogP contribution in [0, 0.1) is 6.92 Å². The Kier molecular flexibility index (Phi) is 5.96. The SMILES string of the molecule is Cc1ccnc(-n2c(SCC(=O)Nc3ccc(Br)cc3)nc3ccccc3c2=O)c1. The topological polar surface area (TPSA) is 76.9 Å².